The third kappa shape index (κ3) is 2.79. The first-order valence-corrected chi connectivity index (χ1v) is 5.81. The molecule has 0 radical (unpaired) electrons. The Morgan fingerprint density at radius 2 is 2.12 bits per heavy atom. The van der Waals surface area contributed by atoms with E-state index in [1.165, 1.54) is 0 Å². The van der Waals surface area contributed by atoms with Gasteiger partial charge < -0.3 is 4.57 Å². The van der Waals surface area contributed by atoms with Crippen LogP contribution in [-0.2, 0) is 13.0 Å². The average molecular weight is 279 g/mol. The van der Waals surface area contributed by atoms with Crippen LogP contribution in [-0.4, -0.2) is 9.55 Å². The van der Waals surface area contributed by atoms with Crippen molar-refractivity contribution in [3.05, 3.63) is 63.2 Å². The molecule has 2 rings (SSSR count). The molecule has 82 valence electrons. The Kier molecular flexibility index (Phi) is 3.51. The Balaban J connectivity index is 2.11. The molecule has 4 heteroatoms. The second-order valence-corrected chi connectivity index (χ2v) is 4.37. The van der Waals surface area contributed by atoms with Crippen molar-refractivity contribution in [1.29, 1.82) is 0 Å². The number of aromatic nitrogens is 2. The fourth-order valence-electron chi connectivity index (χ4n) is 1.46. The maximum atomic E-state index is 11.5. The van der Waals surface area contributed by atoms with E-state index in [0.717, 1.165) is 16.6 Å². The molecule has 0 unspecified atom stereocenters. The molecule has 0 fully saturated rings. The van der Waals surface area contributed by atoms with Crippen LogP contribution in [0.3, 0.4) is 0 Å². The zero-order chi connectivity index (χ0) is 11.4. The van der Waals surface area contributed by atoms with E-state index in [-0.39, 0.29) is 5.56 Å². The van der Waals surface area contributed by atoms with Gasteiger partial charge >= 0.3 is 0 Å². The summed E-state index contributed by atoms with van der Waals surface area (Å²) in [5.74, 6) is 0. The summed E-state index contributed by atoms with van der Waals surface area (Å²) in [5, 5.41) is 0. The summed E-state index contributed by atoms with van der Waals surface area (Å²) in [6.45, 7) is 0.648. The summed E-state index contributed by atoms with van der Waals surface area (Å²) in [6, 6.07) is 9.10. The number of rotatable bonds is 3. The minimum atomic E-state index is 0.0131. The first kappa shape index (κ1) is 11.1. The van der Waals surface area contributed by atoms with Crippen molar-refractivity contribution in [2.75, 3.05) is 0 Å². The number of hydrogen-bond donors (Lipinski definition) is 0. The van der Waals surface area contributed by atoms with Gasteiger partial charge in [0.25, 0.3) is 5.56 Å². The highest BCUT2D eigenvalue weighted by molar-refractivity contribution is 9.10. The highest BCUT2D eigenvalue weighted by Gasteiger charge is 1.98. The molecule has 16 heavy (non-hydrogen) atoms. The molecule has 2 heterocycles. The van der Waals surface area contributed by atoms with E-state index in [1.54, 1.807) is 29.1 Å². The maximum Gasteiger partial charge on any atom is 0.250 e. The lowest BCUT2D eigenvalue weighted by Gasteiger charge is -2.05. The monoisotopic (exact) mass is 278 g/mol. The maximum absolute atomic E-state index is 11.5. The van der Waals surface area contributed by atoms with Crippen LogP contribution in [0, 0.1) is 0 Å². The molecule has 0 saturated carbocycles. The summed E-state index contributed by atoms with van der Waals surface area (Å²) in [4.78, 5) is 15.7. The van der Waals surface area contributed by atoms with Crippen molar-refractivity contribution < 1.29 is 0 Å². The number of aryl methyl sites for hydroxylation is 2. The summed E-state index contributed by atoms with van der Waals surface area (Å²) < 4.78 is 2.59. The van der Waals surface area contributed by atoms with Gasteiger partial charge in [0.1, 0.15) is 0 Å². The standard InChI is InChI=1S/C12H11BrN2O/c13-10-4-5-12(16)15(9-10)8-6-11-3-1-2-7-14-11/h1-5,7,9H,6,8H2. The fraction of sp³-hybridized carbons (Fsp3) is 0.167. The van der Waals surface area contributed by atoms with Crippen molar-refractivity contribution in [3.63, 3.8) is 0 Å². The van der Waals surface area contributed by atoms with Gasteiger partial charge in [-0.05, 0) is 34.1 Å². The molecule has 0 saturated heterocycles. The smallest absolute Gasteiger partial charge is 0.250 e. The van der Waals surface area contributed by atoms with E-state index in [4.69, 9.17) is 0 Å². The molecule has 2 aromatic heterocycles. The van der Waals surface area contributed by atoms with E-state index in [9.17, 15) is 4.79 Å². The zero-order valence-electron chi connectivity index (χ0n) is 8.64. The second kappa shape index (κ2) is 5.07. The lowest BCUT2D eigenvalue weighted by molar-refractivity contribution is 0.658. The van der Waals surface area contributed by atoms with E-state index >= 15 is 0 Å². The van der Waals surface area contributed by atoms with Crippen molar-refractivity contribution in [2.45, 2.75) is 13.0 Å². The van der Waals surface area contributed by atoms with Gasteiger partial charge in [-0.1, -0.05) is 6.07 Å². The van der Waals surface area contributed by atoms with Crippen molar-refractivity contribution in [1.82, 2.24) is 9.55 Å². The highest BCUT2D eigenvalue weighted by atomic mass is 79.9. The fourth-order valence-corrected chi connectivity index (χ4v) is 1.84. The van der Waals surface area contributed by atoms with Crippen LogP contribution in [0.25, 0.3) is 0 Å². The third-order valence-electron chi connectivity index (χ3n) is 2.28. The van der Waals surface area contributed by atoms with Gasteiger partial charge in [0.15, 0.2) is 0 Å². The summed E-state index contributed by atoms with van der Waals surface area (Å²) in [6.07, 6.45) is 4.32. The molecule has 0 atom stereocenters. The first-order valence-electron chi connectivity index (χ1n) is 5.01. The SMILES string of the molecule is O=c1ccc(Br)cn1CCc1ccccn1. The van der Waals surface area contributed by atoms with E-state index in [2.05, 4.69) is 20.9 Å². The molecule has 0 amide bonds. The quantitative estimate of drug-likeness (QED) is 0.863. The van der Waals surface area contributed by atoms with Gasteiger partial charge in [-0.25, -0.2) is 0 Å². The molecule has 0 aliphatic carbocycles. The number of pyridine rings is 2. The third-order valence-corrected chi connectivity index (χ3v) is 2.75. The van der Waals surface area contributed by atoms with Gasteiger partial charge in [0.05, 0.1) is 0 Å². The average Bonchev–Trinajstić information content (AvgIpc) is 2.32. The van der Waals surface area contributed by atoms with Crippen LogP contribution in [0.15, 0.2) is 52.0 Å². The van der Waals surface area contributed by atoms with E-state index in [1.807, 2.05) is 18.2 Å². The highest BCUT2D eigenvalue weighted by Crippen LogP contribution is 2.05. The molecular formula is C12H11BrN2O. The Labute approximate surface area is 102 Å². The van der Waals surface area contributed by atoms with Gasteiger partial charge in [-0.2, -0.15) is 0 Å². The predicted molar refractivity (Wildman–Crippen MR) is 66.3 cm³/mol. The van der Waals surface area contributed by atoms with Crippen LogP contribution in [0.5, 0.6) is 0 Å². The normalized spacial score (nSPS) is 10.3. The minimum Gasteiger partial charge on any atom is -0.314 e. The van der Waals surface area contributed by atoms with Crippen molar-refractivity contribution in [3.8, 4) is 0 Å². The van der Waals surface area contributed by atoms with Crippen LogP contribution in [0.2, 0.25) is 0 Å². The van der Waals surface area contributed by atoms with Gasteiger partial charge in [0.2, 0.25) is 0 Å². The first-order chi connectivity index (χ1) is 7.75. The Morgan fingerprint density at radius 3 is 2.88 bits per heavy atom. The predicted octanol–water partition coefficient (Wildman–Crippen LogP) is 2.25. The molecule has 0 aliphatic heterocycles. The molecule has 0 aromatic carbocycles. The summed E-state index contributed by atoms with van der Waals surface area (Å²) in [5.41, 5.74) is 1.01. The van der Waals surface area contributed by atoms with Crippen molar-refractivity contribution >= 4 is 15.9 Å². The van der Waals surface area contributed by atoms with E-state index in [0.29, 0.717) is 6.54 Å². The van der Waals surface area contributed by atoms with E-state index < -0.39 is 0 Å². The minimum absolute atomic E-state index is 0.0131. The Bertz CT molecular complexity index is 522. The molecule has 0 aliphatic rings. The van der Waals surface area contributed by atoms with Gasteiger partial charge in [-0.3, -0.25) is 9.78 Å². The topological polar surface area (TPSA) is 34.9 Å². The summed E-state index contributed by atoms with van der Waals surface area (Å²) in [7, 11) is 0. The van der Waals surface area contributed by atoms with Crippen LogP contribution in [0.1, 0.15) is 5.69 Å². The summed E-state index contributed by atoms with van der Waals surface area (Å²) >= 11 is 3.35. The largest absolute Gasteiger partial charge is 0.314 e. The number of hydrogen-bond acceptors (Lipinski definition) is 2. The Hall–Kier alpha value is -1.42. The number of nitrogens with zero attached hydrogens (tertiary/aromatic N) is 2. The van der Waals surface area contributed by atoms with Crippen LogP contribution in [0.4, 0.5) is 0 Å². The molecule has 0 spiro atoms. The van der Waals surface area contributed by atoms with Gasteiger partial charge in [0, 0.05) is 41.6 Å². The Morgan fingerprint density at radius 1 is 1.25 bits per heavy atom. The molecule has 3 nitrogen and oxygen atoms in total. The molecule has 2 aromatic rings. The molecule has 0 bridgehead atoms. The van der Waals surface area contributed by atoms with Gasteiger partial charge in [-0.15, -0.1) is 0 Å². The molecule has 0 N–H and O–H groups in total. The lowest BCUT2D eigenvalue weighted by Crippen LogP contribution is -2.19. The van der Waals surface area contributed by atoms with Crippen LogP contribution < -0.4 is 5.56 Å². The zero-order valence-corrected chi connectivity index (χ0v) is 10.2. The van der Waals surface area contributed by atoms with Crippen molar-refractivity contribution in [2.24, 2.45) is 0 Å². The number of halogens is 1. The second-order valence-electron chi connectivity index (χ2n) is 3.45. The van der Waals surface area contributed by atoms with Crippen LogP contribution >= 0.6 is 15.9 Å². The molecular weight excluding hydrogens is 268 g/mol. The lowest BCUT2D eigenvalue weighted by atomic mass is 10.2.